The fraction of sp³-hybridized carbons (Fsp3) is 0.933. The van der Waals surface area contributed by atoms with Crippen LogP contribution in [-0.2, 0) is 4.79 Å². The Hall–Kier alpha value is -0.570. The molecule has 2 aliphatic rings. The Balaban J connectivity index is 1.65. The van der Waals surface area contributed by atoms with Crippen molar-refractivity contribution in [2.24, 2.45) is 17.8 Å². The molecule has 0 spiro atoms. The Bertz CT molecular complexity index is 274. The van der Waals surface area contributed by atoms with Crippen LogP contribution in [0, 0.1) is 17.8 Å². The first kappa shape index (κ1) is 13.9. The molecule has 0 aromatic carbocycles. The molecular formula is C15H28N2O. The van der Waals surface area contributed by atoms with Gasteiger partial charge in [0.15, 0.2) is 0 Å². The number of hydrogen-bond donors (Lipinski definition) is 2. The van der Waals surface area contributed by atoms with Crippen LogP contribution in [0.2, 0.25) is 0 Å². The van der Waals surface area contributed by atoms with E-state index in [1.807, 2.05) is 0 Å². The number of rotatable bonds is 4. The number of piperidine rings is 1. The highest BCUT2D eigenvalue weighted by Crippen LogP contribution is 2.31. The third kappa shape index (κ3) is 3.71. The molecule has 1 heterocycles. The molecule has 0 aromatic rings. The first-order chi connectivity index (χ1) is 8.66. The summed E-state index contributed by atoms with van der Waals surface area (Å²) >= 11 is 0. The lowest BCUT2D eigenvalue weighted by molar-refractivity contribution is -0.122. The topological polar surface area (TPSA) is 41.1 Å². The van der Waals surface area contributed by atoms with Crippen LogP contribution in [0.15, 0.2) is 0 Å². The van der Waals surface area contributed by atoms with E-state index in [-0.39, 0.29) is 5.91 Å². The van der Waals surface area contributed by atoms with Gasteiger partial charge in [-0.25, -0.2) is 0 Å². The molecule has 3 atom stereocenters. The van der Waals surface area contributed by atoms with Crippen LogP contribution < -0.4 is 10.6 Å². The molecule has 3 heteroatoms. The summed E-state index contributed by atoms with van der Waals surface area (Å²) < 4.78 is 0. The van der Waals surface area contributed by atoms with Crippen LogP contribution in [0.5, 0.6) is 0 Å². The average Bonchev–Trinajstić information content (AvgIpc) is 2.70. The fourth-order valence-corrected chi connectivity index (χ4v) is 3.35. The molecule has 3 nitrogen and oxygen atoms in total. The van der Waals surface area contributed by atoms with E-state index in [2.05, 4.69) is 24.5 Å². The van der Waals surface area contributed by atoms with E-state index in [1.54, 1.807) is 0 Å². The highest BCUT2D eigenvalue weighted by molar-refractivity contribution is 5.76. The zero-order chi connectivity index (χ0) is 13.0. The standard InChI is InChI=1S/C15H28N2O/c1-11-3-5-14(12(11)2)17-15(18)6-4-13-7-9-16-10-8-13/h11-14,16H,3-10H2,1-2H3,(H,17,18). The lowest BCUT2D eigenvalue weighted by Gasteiger charge is -2.23. The van der Waals surface area contributed by atoms with Crippen molar-refractivity contribution in [1.82, 2.24) is 10.6 Å². The molecule has 0 bridgehead atoms. The quantitative estimate of drug-likeness (QED) is 0.806. The molecule has 2 fully saturated rings. The van der Waals surface area contributed by atoms with Crippen LogP contribution >= 0.6 is 0 Å². The highest BCUT2D eigenvalue weighted by Gasteiger charge is 2.30. The SMILES string of the molecule is CC1CCC(NC(=O)CCC2CCNCC2)C1C. The van der Waals surface area contributed by atoms with E-state index in [0.717, 1.165) is 37.8 Å². The molecule has 2 rings (SSSR count). The lowest BCUT2D eigenvalue weighted by atomic mass is 9.93. The van der Waals surface area contributed by atoms with Crippen molar-refractivity contribution in [2.75, 3.05) is 13.1 Å². The third-order valence-corrected chi connectivity index (χ3v) is 5.05. The average molecular weight is 252 g/mol. The van der Waals surface area contributed by atoms with E-state index in [1.165, 1.54) is 25.7 Å². The minimum absolute atomic E-state index is 0.277. The summed E-state index contributed by atoms with van der Waals surface area (Å²) in [6, 6.07) is 0.431. The second kappa shape index (κ2) is 6.55. The van der Waals surface area contributed by atoms with Crippen molar-refractivity contribution in [3.8, 4) is 0 Å². The summed E-state index contributed by atoms with van der Waals surface area (Å²) in [6.07, 6.45) is 6.71. The van der Waals surface area contributed by atoms with Crippen LogP contribution in [0.4, 0.5) is 0 Å². The summed E-state index contributed by atoms with van der Waals surface area (Å²) in [7, 11) is 0. The fourth-order valence-electron chi connectivity index (χ4n) is 3.35. The zero-order valence-electron chi connectivity index (χ0n) is 11.9. The first-order valence-electron chi connectivity index (χ1n) is 7.67. The largest absolute Gasteiger partial charge is 0.353 e. The van der Waals surface area contributed by atoms with Gasteiger partial charge in [-0.3, -0.25) is 4.79 Å². The van der Waals surface area contributed by atoms with Gasteiger partial charge in [-0.15, -0.1) is 0 Å². The first-order valence-corrected chi connectivity index (χ1v) is 7.67. The number of nitrogens with one attached hydrogen (secondary N) is 2. The minimum atomic E-state index is 0.277. The second-order valence-electron chi connectivity index (χ2n) is 6.32. The summed E-state index contributed by atoms with van der Waals surface area (Å²) in [4.78, 5) is 12.0. The van der Waals surface area contributed by atoms with Gasteiger partial charge in [-0.05, 0) is 62.9 Å². The van der Waals surface area contributed by atoms with Crippen molar-refractivity contribution >= 4 is 5.91 Å². The molecule has 1 aliphatic carbocycles. The number of hydrogen-bond acceptors (Lipinski definition) is 2. The van der Waals surface area contributed by atoms with Gasteiger partial charge in [0, 0.05) is 12.5 Å². The van der Waals surface area contributed by atoms with Crippen LogP contribution in [0.1, 0.15) is 52.4 Å². The Kier molecular flexibility index (Phi) is 5.04. The van der Waals surface area contributed by atoms with Gasteiger partial charge in [-0.1, -0.05) is 13.8 Å². The summed E-state index contributed by atoms with van der Waals surface area (Å²) in [5.74, 6) is 2.45. The molecular weight excluding hydrogens is 224 g/mol. The molecule has 104 valence electrons. The number of amides is 1. The van der Waals surface area contributed by atoms with E-state index in [9.17, 15) is 4.79 Å². The predicted octanol–water partition coefficient (Wildman–Crippen LogP) is 2.32. The molecule has 3 unspecified atom stereocenters. The van der Waals surface area contributed by atoms with Crippen molar-refractivity contribution in [2.45, 2.75) is 58.4 Å². The van der Waals surface area contributed by atoms with Crippen molar-refractivity contribution in [1.29, 1.82) is 0 Å². The number of carbonyl (C=O) groups excluding carboxylic acids is 1. The number of carbonyl (C=O) groups is 1. The Morgan fingerprint density at radius 1 is 1.17 bits per heavy atom. The smallest absolute Gasteiger partial charge is 0.220 e. The lowest BCUT2D eigenvalue weighted by Crippen LogP contribution is -2.37. The van der Waals surface area contributed by atoms with Gasteiger partial charge < -0.3 is 10.6 Å². The van der Waals surface area contributed by atoms with Gasteiger partial charge in [0.05, 0.1) is 0 Å². The Morgan fingerprint density at radius 2 is 1.89 bits per heavy atom. The zero-order valence-corrected chi connectivity index (χ0v) is 11.9. The van der Waals surface area contributed by atoms with E-state index >= 15 is 0 Å². The van der Waals surface area contributed by atoms with E-state index in [0.29, 0.717) is 12.0 Å². The van der Waals surface area contributed by atoms with Gasteiger partial charge in [0.1, 0.15) is 0 Å². The van der Waals surface area contributed by atoms with Gasteiger partial charge >= 0.3 is 0 Å². The molecule has 1 saturated carbocycles. The van der Waals surface area contributed by atoms with Gasteiger partial charge in [0.2, 0.25) is 5.91 Å². The maximum absolute atomic E-state index is 12.0. The molecule has 2 N–H and O–H groups in total. The summed E-state index contributed by atoms with van der Waals surface area (Å²) in [6.45, 7) is 6.83. The van der Waals surface area contributed by atoms with Crippen LogP contribution in [0.25, 0.3) is 0 Å². The van der Waals surface area contributed by atoms with Crippen molar-refractivity contribution < 1.29 is 4.79 Å². The van der Waals surface area contributed by atoms with Crippen LogP contribution in [0.3, 0.4) is 0 Å². The predicted molar refractivity (Wildman–Crippen MR) is 74.3 cm³/mol. The van der Waals surface area contributed by atoms with Crippen molar-refractivity contribution in [3.05, 3.63) is 0 Å². The summed E-state index contributed by atoms with van der Waals surface area (Å²) in [5.41, 5.74) is 0. The Labute approximate surface area is 111 Å². The molecule has 1 aliphatic heterocycles. The van der Waals surface area contributed by atoms with Gasteiger partial charge in [-0.2, -0.15) is 0 Å². The summed E-state index contributed by atoms with van der Waals surface area (Å²) in [5, 5.41) is 6.62. The third-order valence-electron chi connectivity index (χ3n) is 5.05. The van der Waals surface area contributed by atoms with E-state index < -0.39 is 0 Å². The maximum Gasteiger partial charge on any atom is 0.220 e. The van der Waals surface area contributed by atoms with E-state index in [4.69, 9.17) is 0 Å². The molecule has 0 aromatic heterocycles. The van der Waals surface area contributed by atoms with Crippen LogP contribution in [-0.4, -0.2) is 25.0 Å². The second-order valence-corrected chi connectivity index (χ2v) is 6.32. The molecule has 18 heavy (non-hydrogen) atoms. The maximum atomic E-state index is 12.0. The highest BCUT2D eigenvalue weighted by atomic mass is 16.1. The van der Waals surface area contributed by atoms with Crippen molar-refractivity contribution in [3.63, 3.8) is 0 Å². The van der Waals surface area contributed by atoms with Gasteiger partial charge in [0.25, 0.3) is 0 Å². The molecule has 0 radical (unpaired) electrons. The Morgan fingerprint density at radius 3 is 2.50 bits per heavy atom. The molecule has 1 amide bonds. The monoisotopic (exact) mass is 252 g/mol. The normalized spacial score (nSPS) is 33.6. The minimum Gasteiger partial charge on any atom is -0.353 e. The molecule has 1 saturated heterocycles.